The molecule has 0 saturated carbocycles. The van der Waals surface area contributed by atoms with Crippen molar-refractivity contribution < 1.29 is 13.2 Å². The molecule has 0 fully saturated rings. The molecule has 1 unspecified atom stereocenters. The van der Waals surface area contributed by atoms with Gasteiger partial charge < -0.3 is 11.1 Å². The highest BCUT2D eigenvalue weighted by Crippen LogP contribution is 2.25. The quantitative estimate of drug-likeness (QED) is 0.780. The first kappa shape index (κ1) is 18.6. The average Bonchev–Trinajstić information content (AvgIpc) is 3.00. The van der Waals surface area contributed by atoms with Gasteiger partial charge in [0.1, 0.15) is 9.84 Å². The fourth-order valence-electron chi connectivity index (χ4n) is 2.05. The van der Waals surface area contributed by atoms with Crippen LogP contribution in [0.5, 0.6) is 0 Å². The Morgan fingerprint density at radius 1 is 1.33 bits per heavy atom. The highest BCUT2D eigenvalue weighted by molar-refractivity contribution is 7.90. The summed E-state index contributed by atoms with van der Waals surface area (Å²) in [5.41, 5.74) is 8.73. The van der Waals surface area contributed by atoms with E-state index < -0.39 is 21.8 Å². The Labute approximate surface area is 146 Å². The number of thiazole rings is 1. The number of hydrogen-bond acceptors (Lipinski definition) is 6. The van der Waals surface area contributed by atoms with E-state index in [4.69, 9.17) is 5.73 Å². The van der Waals surface area contributed by atoms with Crippen LogP contribution >= 0.6 is 11.3 Å². The largest absolute Gasteiger partial charge is 0.320 e. The van der Waals surface area contributed by atoms with Crippen LogP contribution in [0.2, 0.25) is 0 Å². The van der Waals surface area contributed by atoms with Crippen molar-refractivity contribution in [3.05, 3.63) is 35.2 Å². The van der Waals surface area contributed by atoms with Gasteiger partial charge in [-0.25, -0.2) is 13.4 Å². The van der Waals surface area contributed by atoms with Gasteiger partial charge in [0.25, 0.3) is 0 Å². The Hall–Kier alpha value is -1.77. The molecule has 0 bridgehead atoms. The van der Waals surface area contributed by atoms with Gasteiger partial charge in [-0.05, 0) is 18.4 Å². The number of nitrogens with one attached hydrogen (secondary N) is 1. The van der Waals surface area contributed by atoms with Crippen molar-refractivity contribution in [3.8, 4) is 11.3 Å². The number of carbonyl (C=O) groups is 1. The fourth-order valence-corrected chi connectivity index (χ4v) is 3.45. The second-order valence-corrected chi connectivity index (χ2v) is 8.72. The van der Waals surface area contributed by atoms with E-state index >= 15 is 0 Å². The number of benzene rings is 1. The van der Waals surface area contributed by atoms with Gasteiger partial charge in [0.15, 0.2) is 5.13 Å². The van der Waals surface area contributed by atoms with E-state index in [-0.39, 0.29) is 12.2 Å². The lowest BCUT2D eigenvalue weighted by Crippen LogP contribution is -2.37. The predicted molar refractivity (Wildman–Crippen MR) is 97.9 cm³/mol. The number of sulfone groups is 1. The van der Waals surface area contributed by atoms with Gasteiger partial charge in [0.05, 0.1) is 17.5 Å². The minimum Gasteiger partial charge on any atom is -0.320 e. The fraction of sp³-hybridized carbons (Fsp3) is 0.375. The van der Waals surface area contributed by atoms with Crippen molar-refractivity contribution in [2.24, 2.45) is 5.73 Å². The molecule has 2 aromatic rings. The molecular formula is C16H21N3O3S2. The maximum Gasteiger partial charge on any atom is 0.243 e. The molecule has 0 spiro atoms. The topological polar surface area (TPSA) is 102 Å². The summed E-state index contributed by atoms with van der Waals surface area (Å²) >= 11 is 1.31. The van der Waals surface area contributed by atoms with Gasteiger partial charge in [0.2, 0.25) is 5.91 Å². The zero-order valence-electron chi connectivity index (χ0n) is 13.7. The van der Waals surface area contributed by atoms with Crippen molar-refractivity contribution in [2.45, 2.75) is 25.8 Å². The highest BCUT2D eigenvalue weighted by atomic mass is 32.2. The Morgan fingerprint density at radius 2 is 2.00 bits per heavy atom. The minimum atomic E-state index is -3.14. The summed E-state index contributed by atoms with van der Waals surface area (Å²) in [5, 5.41) is 4.95. The number of rotatable bonds is 7. The van der Waals surface area contributed by atoms with Crippen molar-refractivity contribution in [2.75, 3.05) is 17.3 Å². The number of hydrogen-bond donors (Lipinski definition) is 2. The van der Waals surface area contributed by atoms with E-state index in [1.807, 2.05) is 29.6 Å². The number of nitrogens with two attached hydrogens (primary N) is 1. The molecule has 1 aromatic carbocycles. The zero-order valence-corrected chi connectivity index (χ0v) is 15.3. The van der Waals surface area contributed by atoms with Gasteiger partial charge in [-0.3, -0.25) is 4.79 Å². The molecular weight excluding hydrogens is 346 g/mol. The summed E-state index contributed by atoms with van der Waals surface area (Å²) in [6.45, 7) is 2.10. The molecule has 8 heteroatoms. The summed E-state index contributed by atoms with van der Waals surface area (Å²) < 4.78 is 22.2. The smallest absolute Gasteiger partial charge is 0.243 e. The second-order valence-electron chi connectivity index (χ2n) is 5.60. The SMILES string of the molecule is CCc1ccc(-c2csc(NC(=O)C(N)CCS(C)(=O)=O)n2)cc1. The number of carbonyl (C=O) groups excluding carboxylic acids is 1. The molecule has 2 rings (SSSR count). The van der Waals surface area contributed by atoms with Crippen LogP contribution in [0.3, 0.4) is 0 Å². The van der Waals surface area contributed by atoms with Crippen LogP contribution in [0.25, 0.3) is 11.3 Å². The monoisotopic (exact) mass is 367 g/mol. The average molecular weight is 367 g/mol. The standard InChI is InChI=1S/C16H21N3O3S2/c1-3-11-4-6-12(7-5-11)14-10-23-16(18-14)19-15(20)13(17)8-9-24(2,21)22/h4-7,10,13H,3,8-9,17H2,1-2H3,(H,18,19,20). The first-order valence-electron chi connectivity index (χ1n) is 7.57. The van der Waals surface area contributed by atoms with Gasteiger partial charge in [-0.2, -0.15) is 0 Å². The Kier molecular flexibility index (Phi) is 6.09. The van der Waals surface area contributed by atoms with Gasteiger partial charge in [-0.1, -0.05) is 31.2 Å². The molecule has 0 saturated heterocycles. The molecule has 1 aromatic heterocycles. The lowest BCUT2D eigenvalue weighted by atomic mass is 10.1. The molecule has 24 heavy (non-hydrogen) atoms. The van der Waals surface area contributed by atoms with E-state index in [0.29, 0.717) is 5.13 Å². The van der Waals surface area contributed by atoms with E-state index in [1.165, 1.54) is 16.9 Å². The summed E-state index contributed by atoms with van der Waals surface area (Å²) in [4.78, 5) is 16.4. The van der Waals surface area contributed by atoms with Gasteiger partial charge in [-0.15, -0.1) is 11.3 Å². The van der Waals surface area contributed by atoms with Crippen molar-refractivity contribution in [1.29, 1.82) is 0 Å². The number of aromatic nitrogens is 1. The molecule has 0 aliphatic heterocycles. The third kappa shape index (κ3) is 5.40. The first-order valence-corrected chi connectivity index (χ1v) is 10.5. The molecule has 3 N–H and O–H groups in total. The molecule has 6 nitrogen and oxygen atoms in total. The molecule has 1 atom stereocenters. The number of anilines is 1. The maximum atomic E-state index is 12.0. The number of nitrogens with zero attached hydrogens (tertiary/aromatic N) is 1. The van der Waals surface area contributed by atoms with Crippen LogP contribution in [-0.2, 0) is 21.1 Å². The molecule has 0 aliphatic rings. The minimum absolute atomic E-state index is 0.0847. The Balaban J connectivity index is 1.98. The lowest BCUT2D eigenvalue weighted by Gasteiger charge is -2.09. The van der Waals surface area contributed by atoms with Crippen LogP contribution in [-0.4, -0.2) is 37.4 Å². The molecule has 0 radical (unpaired) electrons. The summed E-state index contributed by atoms with van der Waals surface area (Å²) in [6, 6.07) is 7.22. The van der Waals surface area contributed by atoms with Crippen LogP contribution in [0.15, 0.2) is 29.6 Å². The number of aryl methyl sites for hydroxylation is 1. The van der Waals surface area contributed by atoms with Crippen LogP contribution < -0.4 is 11.1 Å². The van der Waals surface area contributed by atoms with E-state index in [1.54, 1.807) is 0 Å². The number of amides is 1. The molecule has 1 amide bonds. The molecule has 130 valence electrons. The van der Waals surface area contributed by atoms with Crippen molar-refractivity contribution in [1.82, 2.24) is 4.98 Å². The normalized spacial score (nSPS) is 12.8. The Morgan fingerprint density at radius 3 is 2.58 bits per heavy atom. The Bertz CT molecular complexity index is 798. The molecule has 1 heterocycles. The summed E-state index contributed by atoms with van der Waals surface area (Å²) in [6.07, 6.45) is 2.18. The van der Waals surface area contributed by atoms with E-state index in [0.717, 1.165) is 23.9 Å². The first-order chi connectivity index (χ1) is 11.3. The van der Waals surface area contributed by atoms with Crippen molar-refractivity contribution >= 4 is 32.2 Å². The third-order valence-corrected chi connectivity index (χ3v) is 5.26. The van der Waals surface area contributed by atoms with E-state index in [9.17, 15) is 13.2 Å². The van der Waals surface area contributed by atoms with Crippen LogP contribution in [0.1, 0.15) is 18.9 Å². The molecule has 0 aliphatic carbocycles. The summed E-state index contributed by atoms with van der Waals surface area (Å²) in [5.74, 6) is -0.546. The predicted octanol–water partition coefficient (Wildman–Crippen LogP) is 2.07. The van der Waals surface area contributed by atoms with Crippen molar-refractivity contribution in [3.63, 3.8) is 0 Å². The van der Waals surface area contributed by atoms with Crippen LogP contribution in [0, 0.1) is 0 Å². The lowest BCUT2D eigenvalue weighted by molar-refractivity contribution is -0.117. The van der Waals surface area contributed by atoms with Gasteiger partial charge in [0, 0.05) is 17.2 Å². The van der Waals surface area contributed by atoms with Crippen LogP contribution in [0.4, 0.5) is 5.13 Å². The highest BCUT2D eigenvalue weighted by Gasteiger charge is 2.17. The zero-order chi connectivity index (χ0) is 17.7. The third-order valence-electron chi connectivity index (χ3n) is 3.53. The summed E-state index contributed by atoms with van der Waals surface area (Å²) in [7, 11) is -3.14. The maximum absolute atomic E-state index is 12.0. The second kappa shape index (κ2) is 7.87. The van der Waals surface area contributed by atoms with Gasteiger partial charge >= 0.3 is 0 Å². The van der Waals surface area contributed by atoms with E-state index in [2.05, 4.69) is 17.2 Å².